The molecule has 1 N–H and O–H groups in total. The van der Waals surface area contributed by atoms with Crippen molar-refractivity contribution in [2.24, 2.45) is 0 Å². The van der Waals surface area contributed by atoms with Crippen LogP contribution in [0.3, 0.4) is 0 Å². The lowest BCUT2D eigenvalue weighted by Gasteiger charge is -2.10. The molecular formula is C17H17BrO3. The lowest BCUT2D eigenvalue weighted by atomic mass is 10.0. The molecule has 0 aromatic heterocycles. The highest BCUT2D eigenvalue weighted by Crippen LogP contribution is 2.27. The van der Waals surface area contributed by atoms with Gasteiger partial charge in [0.05, 0.1) is 10.0 Å². The lowest BCUT2D eigenvalue weighted by molar-refractivity contribution is 0.0696. The van der Waals surface area contributed by atoms with Crippen molar-refractivity contribution in [3.63, 3.8) is 0 Å². The van der Waals surface area contributed by atoms with Crippen LogP contribution < -0.4 is 4.74 Å². The predicted molar refractivity (Wildman–Crippen MR) is 86.0 cm³/mol. The number of halogens is 1. The second-order valence-corrected chi connectivity index (χ2v) is 5.99. The molecule has 0 fully saturated rings. The number of carboxylic acids is 1. The van der Waals surface area contributed by atoms with Crippen molar-refractivity contribution >= 4 is 21.9 Å². The highest BCUT2D eigenvalue weighted by Gasteiger charge is 2.08. The molecule has 0 saturated carbocycles. The zero-order chi connectivity index (χ0) is 15.4. The molecule has 0 atom stereocenters. The number of aromatic carboxylic acids is 1. The quantitative estimate of drug-likeness (QED) is 0.839. The van der Waals surface area contributed by atoms with Gasteiger partial charge in [-0.05, 0) is 51.2 Å². The molecule has 4 heteroatoms. The van der Waals surface area contributed by atoms with E-state index in [1.165, 1.54) is 11.6 Å². The molecule has 0 spiro atoms. The van der Waals surface area contributed by atoms with E-state index in [0.29, 0.717) is 22.7 Å². The number of hydrogen-bond donors (Lipinski definition) is 1. The second-order valence-electron chi connectivity index (χ2n) is 5.14. The summed E-state index contributed by atoms with van der Waals surface area (Å²) in [6.07, 6.45) is 0. The highest BCUT2D eigenvalue weighted by molar-refractivity contribution is 9.10. The fourth-order valence-corrected chi connectivity index (χ4v) is 2.40. The van der Waals surface area contributed by atoms with Gasteiger partial charge in [0.15, 0.2) is 0 Å². The van der Waals surface area contributed by atoms with Crippen LogP contribution in [0, 0.1) is 0 Å². The third-order valence-corrected chi connectivity index (χ3v) is 3.84. The molecule has 0 aliphatic carbocycles. The molecule has 2 aromatic carbocycles. The third-order valence-electron chi connectivity index (χ3n) is 3.22. The van der Waals surface area contributed by atoms with Gasteiger partial charge in [-0.3, -0.25) is 0 Å². The summed E-state index contributed by atoms with van der Waals surface area (Å²) >= 11 is 3.33. The van der Waals surface area contributed by atoms with Crippen LogP contribution in [0.25, 0.3) is 0 Å². The van der Waals surface area contributed by atoms with Gasteiger partial charge in [-0.1, -0.05) is 38.1 Å². The summed E-state index contributed by atoms with van der Waals surface area (Å²) < 4.78 is 6.36. The Kier molecular flexibility index (Phi) is 5.02. The van der Waals surface area contributed by atoms with Crippen molar-refractivity contribution in [1.29, 1.82) is 0 Å². The normalized spacial score (nSPS) is 10.7. The van der Waals surface area contributed by atoms with Crippen LogP contribution in [-0.4, -0.2) is 11.1 Å². The average Bonchev–Trinajstić information content (AvgIpc) is 2.46. The Bertz CT molecular complexity index is 633. The minimum Gasteiger partial charge on any atom is -0.488 e. The fraction of sp³-hybridized carbons (Fsp3) is 0.235. The maximum absolute atomic E-state index is 10.9. The fourth-order valence-electron chi connectivity index (χ4n) is 1.91. The van der Waals surface area contributed by atoms with Crippen LogP contribution in [0.15, 0.2) is 46.9 Å². The van der Waals surface area contributed by atoms with E-state index >= 15 is 0 Å². The van der Waals surface area contributed by atoms with E-state index in [0.717, 1.165) is 5.56 Å². The molecule has 0 aliphatic rings. The van der Waals surface area contributed by atoms with Crippen LogP contribution in [-0.2, 0) is 6.61 Å². The van der Waals surface area contributed by atoms with Gasteiger partial charge in [-0.25, -0.2) is 4.79 Å². The first kappa shape index (κ1) is 15.6. The maximum Gasteiger partial charge on any atom is 0.335 e. The second kappa shape index (κ2) is 6.76. The van der Waals surface area contributed by atoms with Crippen LogP contribution in [0.1, 0.15) is 41.3 Å². The monoisotopic (exact) mass is 348 g/mol. The molecule has 0 unspecified atom stereocenters. The van der Waals surface area contributed by atoms with E-state index in [9.17, 15) is 4.79 Å². The van der Waals surface area contributed by atoms with E-state index in [4.69, 9.17) is 9.84 Å². The number of ether oxygens (including phenoxy) is 1. The van der Waals surface area contributed by atoms with Crippen LogP contribution in [0.2, 0.25) is 0 Å². The van der Waals surface area contributed by atoms with Crippen molar-refractivity contribution in [2.75, 3.05) is 0 Å². The van der Waals surface area contributed by atoms with Crippen LogP contribution in [0.5, 0.6) is 5.75 Å². The molecule has 0 saturated heterocycles. The molecule has 0 bridgehead atoms. The van der Waals surface area contributed by atoms with Crippen molar-refractivity contribution in [1.82, 2.24) is 0 Å². The standard InChI is InChI=1S/C17H17BrO3/c1-11(2)13-5-3-12(4-6-13)10-21-16-8-7-14(17(19)20)9-15(16)18/h3-9,11H,10H2,1-2H3,(H,19,20). The van der Waals surface area contributed by atoms with Crippen LogP contribution >= 0.6 is 15.9 Å². The Morgan fingerprint density at radius 2 is 1.86 bits per heavy atom. The predicted octanol–water partition coefficient (Wildman–Crippen LogP) is 4.85. The van der Waals surface area contributed by atoms with Gasteiger partial charge in [0.2, 0.25) is 0 Å². The average molecular weight is 349 g/mol. The Morgan fingerprint density at radius 1 is 1.19 bits per heavy atom. The molecule has 3 nitrogen and oxygen atoms in total. The number of carbonyl (C=O) groups is 1. The van der Waals surface area contributed by atoms with Gasteiger partial charge in [0.25, 0.3) is 0 Å². The van der Waals surface area contributed by atoms with Crippen molar-refractivity contribution < 1.29 is 14.6 Å². The SMILES string of the molecule is CC(C)c1ccc(COc2ccc(C(=O)O)cc2Br)cc1. The summed E-state index contributed by atoms with van der Waals surface area (Å²) in [6.45, 7) is 4.77. The molecule has 0 amide bonds. The summed E-state index contributed by atoms with van der Waals surface area (Å²) in [5, 5.41) is 8.92. The molecule has 0 radical (unpaired) electrons. The van der Waals surface area contributed by atoms with Gasteiger partial charge in [-0.15, -0.1) is 0 Å². The minimum atomic E-state index is -0.952. The van der Waals surface area contributed by atoms with E-state index < -0.39 is 5.97 Å². The molecule has 2 rings (SSSR count). The zero-order valence-corrected chi connectivity index (χ0v) is 13.6. The van der Waals surface area contributed by atoms with E-state index in [1.807, 2.05) is 0 Å². The van der Waals surface area contributed by atoms with Gasteiger partial charge >= 0.3 is 5.97 Å². The van der Waals surface area contributed by atoms with Crippen molar-refractivity contribution in [3.8, 4) is 5.75 Å². The Hall–Kier alpha value is -1.81. The van der Waals surface area contributed by atoms with E-state index in [1.54, 1.807) is 12.1 Å². The van der Waals surface area contributed by atoms with E-state index in [2.05, 4.69) is 54.0 Å². The molecule has 110 valence electrons. The molecule has 2 aromatic rings. The summed E-state index contributed by atoms with van der Waals surface area (Å²) in [5.41, 5.74) is 2.61. The first-order chi connectivity index (χ1) is 9.97. The number of rotatable bonds is 5. The third kappa shape index (κ3) is 4.08. The summed E-state index contributed by atoms with van der Waals surface area (Å²) in [4.78, 5) is 10.9. The van der Waals surface area contributed by atoms with Gasteiger partial charge < -0.3 is 9.84 Å². The summed E-state index contributed by atoms with van der Waals surface area (Å²) in [7, 11) is 0. The Morgan fingerprint density at radius 3 is 2.38 bits per heavy atom. The van der Waals surface area contributed by atoms with Gasteiger partial charge in [0, 0.05) is 0 Å². The van der Waals surface area contributed by atoms with Crippen LogP contribution in [0.4, 0.5) is 0 Å². The topological polar surface area (TPSA) is 46.5 Å². The lowest BCUT2D eigenvalue weighted by Crippen LogP contribution is -1.99. The minimum absolute atomic E-state index is 0.232. The van der Waals surface area contributed by atoms with Gasteiger partial charge in [0.1, 0.15) is 12.4 Å². The Labute approximate surface area is 132 Å². The molecular weight excluding hydrogens is 332 g/mol. The molecule has 0 aliphatic heterocycles. The largest absolute Gasteiger partial charge is 0.488 e. The van der Waals surface area contributed by atoms with Gasteiger partial charge in [-0.2, -0.15) is 0 Å². The molecule has 21 heavy (non-hydrogen) atoms. The number of carboxylic acid groups (broad SMARTS) is 1. The first-order valence-corrected chi connectivity index (χ1v) is 7.51. The van der Waals surface area contributed by atoms with Crippen molar-refractivity contribution in [2.45, 2.75) is 26.4 Å². The number of benzene rings is 2. The maximum atomic E-state index is 10.9. The number of hydrogen-bond acceptors (Lipinski definition) is 2. The van der Waals surface area contributed by atoms with Crippen molar-refractivity contribution in [3.05, 3.63) is 63.6 Å². The first-order valence-electron chi connectivity index (χ1n) is 6.72. The summed E-state index contributed by atoms with van der Waals surface area (Å²) in [6, 6.07) is 13.0. The van der Waals surface area contributed by atoms with E-state index in [-0.39, 0.29) is 5.56 Å². The zero-order valence-electron chi connectivity index (χ0n) is 12.0. The highest BCUT2D eigenvalue weighted by atomic mass is 79.9. The summed E-state index contributed by atoms with van der Waals surface area (Å²) in [5.74, 6) is 0.192. The molecule has 0 heterocycles. The smallest absolute Gasteiger partial charge is 0.335 e. The Balaban J connectivity index is 2.04.